The van der Waals surface area contributed by atoms with Crippen LogP contribution in [0.25, 0.3) is 0 Å². The average Bonchev–Trinajstić information content (AvgIpc) is 2.98. The van der Waals surface area contributed by atoms with Gasteiger partial charge in [-0.15, -0.1) is 0 Å². The second kappa shape index (κ2) is 10.2. The first-order valence-corrected chi connectivity index (χ1v) is 10.0. The number of aromatic nitrogens is 1. The summed E-state index contributed by atoms with van der Waals surface area (Å²) in [4.78, 5) is 11.3. The van der Waals surface area contributed by atoms with Crippen molar-refractivity contribution in [2.45, 2.75) is 38.8 Å². The van der Waals surface area contributed by atoms with E-state index in [0.717, 1.165) is 41.0 Å². The minimum atomic E-state index is 0.673. The average molecular weight is 386 g/mol. The molecule has 6 heteroatoms. The molecule has 0 bridgehead atoms. The summed E-state index contributed by atoms with van der Waals surface area (Å²) in [7, 11) is 1.77. The summed E-state index contributed by atoms with van der Waals surface area (Å²) in [5.41, 5.74) is 2.26. The molecule has 2 aromatic rings. The Balaban J connectivity index is 1.49. The Morgan fingerprint density at radius 2 is 1.78 bits per heavy atom. The summed E-state index contributed by atoms with van der Waals surface area (Å²) in [5.74, 6) is 1.84. The maximum Gasteiger partial charge on any atom is 0.191 e. The molecule has 0 radical (unpaired) electrons. The van der Waals surface area contributed by atoms with Gasteiger partial charge in [-0.2, -0.15) is 0 Å². The van der Waals surface area contributed by atoms with Crippen LogP contribution in [0.2, 0.25) is 5.02 Å². The van der Waals surface area contributed by atoms with Crippen molar-refractivity contribution < 1.29 is 0 Å². The number of pyridine rings is 1. The molecule has 5 nitrogen and oxygen atoms in total. The minimum absolute atomic E-state index is 0.673. The van der Waals surface area contributed by atoms with E-state index in [1.165, 1.54) is 25.7 Å². The molecule has 2 N–H and O–H groups in total. The third kappa shape index (κ3) is 6.14. The molecule has 3 rings (SSSR count). The van der Waals surface area contributed by atoms with Crippen LogP contribution in [-0.2, 0) is 13.1 Å². The lowest BCUT2D eigenvalue weighted by Gasteiger charge is -2.21. The van der Waals surface area contributed by atoms with E-state index in [1.54, 1.807) is 7.05 Å². The summed E-state index contributed by atoms with van der Waals surface area (Å²) in [6.07, 6.45) is 7.15. The molecule has 0 atom stereocenters. The highest BCUT2D eigenvalue weighted by Crippen LogP contribution is 2.17. The second-order valence-electron chi connectivity index (χ2n) is 6.84. The van der Waals surface area contributed by atoms with Crippen LogP contribution in [0.4, 0.5) is 5.82 Å². The van der Waals surface area contributed by atoms with Crippen LogP contribution >= 0.6 is 11.6 Å². The summed E-state index contributed by atoms with van der Waals surface area (Å²) in [6, 6.07) is 12.1. The molecule has 1 aliphatic rings. The van der Waals surface area contributed by atoms with Gasteiger partial charge in [0.2, 0.25) is 0 Å². The van der Waals surface area contributed by atoms with Gasteiger partial charge in [-0.25, -0.2) is 4.98 Å². The summed E-state index contributed by atoms with van der Waals surface area (Å²) < 4.78 is 0. The fraction of sp³-hybridized carbons (Fsp3) is 0.429. The van der Waals surface area contributed by atoms with Crippen molar-refractivity contribution in [3.8, 4) is 0 Å². The van der Waals surface area contributed by atoms with E-state index in [1.807, 2.05) is 30.5 Å². The molecular weight excluding hydrogens is 358 g/mol. The molecule has 0 amide bonds. The number of benzene rings is 1. The summed E-state index contributed by atoms with van der Waals surface area (Å²) >= 11 is 6.03. The zero-order chi connectivity index (χ0) is 18.9. The molecule has 2 heterocycles. The monoisotopic (exact) mass is 385 g/mol. The first-order valence-electron chi connectivity index (χ1n) is 9.63. The lowest BCUT2D eigenvalue weighted by atomic mass is 10.2. The molecule has 1 aliphatic heterocycles. The fourth-order valence-corrected chi connectivity index (χ4v) is 3.46. The molecule has 0 spiro atoms. The molecule has 27 heavy (non-hydrogen) atoms. The molecular formula is C21H28ClN5. The standard InChI is InChI=1S/C21H28ClN5/c1-23-21(25-14-17-7-6-8-19(22)13-17)26-16-18-9-10-20(24-15-18)27-11-4-2-3-5-12-27/h6-10,13,15H,2-5,11-12,14,16H2,1H3,(H2,23,25,26). The van der Waals surface area contributed by atoms with Crippen molar-refractivity contribution in [3.63, 3.8) is 0 Å². The largest absolute Gasteiger partial charge is 0.357 e. The maximum atomic E-state index is 6.03. The Morgan fingerprint density at radius 3 is 2.41 bits per heavy atom. The van der Waals surface area contributed by atoms with Crippen molar-refractivity contribution in [1.29, 1.82) is 0 Å². The van der Waals surface area contributed by atoms with Crippen molar-refractivity contribution in [1.82, 2.24) is 15.6 Å². The van der Waals surface area contributed by atoms with Gasteiger partial charge < -0.3 is 15.5 Å². The van der Waals surface area contributed by atoms with E-state index in [0.29, 0.717) is 13.1 Å². The third-order valence-electron chi connectivity index (χ3n) is 4.77. The second-order valence-corrected chi connectivity index (χ2v) is 7.27. The van der Waals surface area contributed by atoms with Gasteiger partial charge in [0.05, 0.1) is 0 Å². The van der Waals surface area contributed by atoms with Crippen molar-refractivity contribution >= 4 is 23.4 Å². The van der Waals surface area contributed by atoms with E-state index >= 15 is 0 Å². The molecule has 144 valence electrons. The fourth-order valence-electron chi connectivity index (χ4n) is 3.25. The minimum Gasteiger partial charge on any atom is -0.357 e. The molecule has 1 aromatic heterocycles. The number of nitrogens with one attached hydrogen (secondary N) is 2. The smallest absolute Gasteiger partial charge is 0.191 e. The normalized spacial score (nSPS) is 15.3. The van der Waals surface area contributed by atoms with Crippen LogP contribution in [0.3, 0.4) is 0 Å². The van der Waals surface area contributed by atoms with Crippen LogP contribution in [0.1, 0.15) is 36.8 Å². The Kier molecular flexibility index (Phi) is 7.34. The Morgan fingerprint density at radius 1 is 1.04 bits per heavy atom. The summed E-state index contributed by atoms with van der Waals surface area (Å²) in [6.45, 7) is 3.59. The highest BCUT2D eigenvalue weighted by Gasteiger charge is 2.10. The topological polar surface area (TPSA) is 52.6 Å². The van der Waals surface area contributed by atoms with Gasteiger partial charge >= 0.3 is 0 Å². The first-order chi connectivity index (χ1) is 13.2. The van der Waals surface area contributed by atoms with Gasteiger partial charge in [0.25, 0.3) is 0 Å². The highest BCUT2D eigenvalue weighted by atomic mass is 35.5. The number of guanidine groups is 1. The first kappa shape index (κ1) is 19.5. The van der Waals surface area contributed by atoms with E-state index in [9.17, 15) is 0 Å². The third-order valence-corrected chi connectivity index (χ3v) is 5.01. The van der Waals surface area contributed by atoms with Gasteiger partial charge in [-0.3, -0.25) is 4.99 Å². The molecule has 0 saturated carbocycles. The molecule has 1 fully saturated rings. The van der Waals surface area contributed by atoms with Gasteiger partial charge in [-0.1, -0.05) is 42.6 Å². The number of anilines is 1. The molecule has 1 saturated heterocycles. The maximum absolute atomic E-state index is 6.03. The highest BCUT2D eigenvalue weighted by molar-refractivity contribution is 6.30. The quantitative estimate of drug-likeness (QED) is 0.603. The Labute approximate surface area is 166 Å². The molecule has 1 aromatic carbocycles. The van der Waals surface area contributed by atoms with E-state index in [2.05, 4.69) is 37.6 Å². The summed E-state index contributed by atoms with van der Waals surface area (Å²) in [5, 5.41) is 7.38. The Bertz CT molecular complexity index is 736. The van der Waals surface area contributed by atoms with E-state index < -0.39 is 0 Å². The van der Waals surface area contributed by atoms with Crippen LogP contribution in [0, 0.1) is 0 Å². The zero-order valence-electron chi connectivity index (χ0n) is 15.9. The number of halogens is 1. The van der Waals surface area contributed by atoms with Crippen LogP contribution < -0.4 is 15.5 Å². The number of nitrogens with zero attached hydrogens (tertiary/aromatic N) is 3. The van der Waals surface area contributed by atoms with E-state index in [-0.39, 0.29) is 0 Å². The van der Waals surface area contributed by atoms with Gasteiger partial charge in [-0.05, 0) is 42.2 Å². The predicted octanol–water partition coefficient (Wildman–Crippen LogP) is 3.98. The van der Waals surface area contributed by atoms with Gasteiger partial charge in [0.1, 0.15) is 5.82 Å². The Hall–Kier alpha value is -2.27. The number of hydrogen-bond acceptors (Lipinski definition) is 3. The molecule has 0 unspecified atom stereocenters. The number of rotatable bonds is 5. The van der Waals surface area contributed by atoms with E-state index in [4.69, 9.17) is 11.6 Å². The van der Waals surface area contributed by atoms with Crippen LogP contribution in [0.15, 0.2) is 47.6 Å². The lowest BCUT2D eigenvalue weighted by Crippen LogP contribution is -2.36. The van der Waals surface area contributed by atoms with Crippen LogP contribution in [0.5, 0.6) is 0 Å². The van der Waals surface area contributed by atoms with Gasteiger partial charge in [0, 0.05) is 44.4 Å². The molecule has 0 aliphatic carbocycles. The van der Waals surface area contributed by atoms with Gasteiger partial charge in [0.15, 0.2) is 5.96 Å². The van der Waals surface area contributed by atoms with Crippen molar-refractivity contribution in [3.05, 3.63) is 58.7 Å². The van der Waals surface area contributed by atoms with Crippen LogP contribution in [-0.4, -0.2) is 31.1 Å². The van der Waals surface area contributed by atoms with Crippen molar-refractivity contribution in [2.24, 2.45) is 4.99 Å². The lowest BCUT2D eigenvalue weighted by molar-refractivity contribution is 0.726. The van der Waals surface area contributed by atoms with Crippen molar-refractivity contribution in [2.75, 3.05) is 25.0 Å². The number of aliphatic imine (C=N–C) groups is 1. The SMILES string of the molecule is CN=C(NCc1ccc(N2CCCCCC2)nc1)NCc1cccc(Cl)c1. The zero-order valence-corrected chi connectivity index (χ0v) is 16.7. The number of hydrogen-bond donors (Lipinski definition) is 2. The predicted molar refractivity (Wildman–Crippen MR) is 113 cm³/mol.